The van der Waals surface area contributed by atoms with Crippen LogP contribution >= 0.6 is 0 Å². The van der Waals surface area contributed by atoms with Gasteiger partial charge in [-0.15, -0.1) is 0 Å². The lowest BCUT2D eigenvalue weighted by atomic mass is 10.2. The van der Waals surface area contributed by atoms with E-state index < -0.39 is 11.7 Å². The van der Waals surface area contributed by atoms with E-state index in [1.807, 2.05) is 0 Å². The summed E-state index contributed by atoms with van der Waals surface area (Å²) >= 11 is 0. The minimum Gasteiger partial charge on any atom is -0.432 e. The van der Waals surface area contributed by atoms with Gasteiger partial charge in [0.1, 0.15) is 6.26 Å². The standard InChI is InChI=1S/C12H12F3N3O/c1-7(16)10-6-19-11(18-10)17-9-4-2-8(3-5-9)12(13,14)15/h2-7H,16H2,1H3,(H,17,18). The number of benzene rings is 1. The van der Waals surface area contributed by atoms with Gasteiger partial charge >= 0.3 is 6.18 Å². The zero-order chi connectivity index (χ0) is 14.0. The number of nitrogens with two attached hydrogens (primary N) is 1. The first kappa shape index (κ1) is 13.4. The predicted molar refractivity (Wildman–Crippen MR) is 63.8 cm³/mol. The average Bonchev–Trinajstić information content (AvgIpc) is 2.77. The van der Waals surface area contributed by atoms with Crippen LogP contribution in [-0.2, 0) is 6.18 Å². The number of hydrogen-bond donors (Lipinski definition) is 2. The molecule has 0 saturated heterocycles. The molecule has 2 rings (SSSR count). The van der Waals surface area contributed by atoms with Gasteiger partial charge in [0.05, 0.1) is 11.3 Å². The Morgan fingerprint density at radius 2 is 1.89 bits per heavy atom. The molecule has 0 spiro atoms. The molecule has 1 atom stereocenters. The van der Waals surface area contributed by atoms with Gasteiger partial charge in [-0.05, 0) is 31.2 Å². The summed E-state index contributed by atoms with van der Waals surface area (Å²) in [4.78, 5) is 4.05. The van der Waals surface area contributed by atoms with Crippen LogP contribution in [0.5, 0.6) is 0 Å². The summed E-state index contributed by atoms with van der Waals surface area (Å²) < 4.78 is 42.2. The van der Waals surface area contributed by atoms with Gasteiger partial charge in [-0.25, -0.2) is 0 Å². The molecule has 0 fully saturated rings. The number of anilines is 2. The zero-order valence-electron chi connectivity index (χ0n) is 10.0. The monoisotopic (exact) mass is 271 g/mol. The van der Waals surface area contributed by atoms with Gasteiger partial charge < -0.3 is 15.5 Å². The van der Waals surface area contributed by atoms with Crippen molar-refractivity contribution in [1.82, 2.24) is 4.98 Å². The average molecular weight is 271 g/mol. The number of alkyl halides is 3. The highest BCUT2D eigenvalue weighted by Crippen LogP contribution is 2.30. The molecule has 3 N–H and O–H groups in total. The first-order valence-electron chi connectivity index (χ1n) is 5.51. The fourth-order valence-corrected chi connectivity index (χ4v) is 1.42. The lowest BCUT2D eigenvalue weighted by Gasteiger charge is -2.07. The topological polar surface area (TPSA) is 64.1 Å². The highest BCUT2D eigenvalue weighted by atomic mass is 19.4. The second-order valence-electron chi connectivity index (χ2n) is 4.07. The highest BCUT2D eigenvalue weighted by Gasteiger charge is 2.29. The Balaban J connectivity index is 2.11. The van der Waals surface area contributed by atoms with Crippen molar-refractivity contribution in [2.45, 2.75) is 19.1 Å². The largest absolute Gasteiger partial charge is 0.432 e. The molecule has 4 nitrogen and oxygen atoms in total. The number of nitrogens with one attached hydrogen (secondary N) is 1. The van der Waals surface area contributed by atoms with Crippen molar-refractivity contribution in [2.75, 3.05) is 5.32 Å². The van der Waals surface area contributed by atoms with Gasteiger partial charge in [0.25, 0.3) is 6.01 Å². The third-order valence-corrected chi connectivity index (χ3v) is 2.45. The van der Waals surface area contributed by atoms with Crippen molar-refractivity contribution in [3.05, 3.63) is 41.8 Å². The zero-order valence-corrected chi connectivity index (χ0v) is 10.0. The normalized spacial score (nSPS) is 13.3. The minimum absolute atomic E-state index is 0.187. The molecule has 0 radical (unpaired) electrons. The number of oxazole rings is 1. The summed E-state index contributed by atoms with van der Waals surface area (Å²) in [7, 11) is 0. The van der Waals surface area contributed by atoms with E-state index in [0.717, 1.165) is 12.1 Å². The van der Waals surface area contributed by atoms with E-state index >= 15 is 0 Å². The quantitative estimate of drug-likeness (QED) is 0.897. The van der Waals surface area contributed by atoms with Crippen molar-refractivity contribution < 1.29 is 17.6 Å². The van der Waals surface area contributed by atoms with Crippen molar-refractivity contribution in [3.63, 3.8) is 0 Å². The van der Waals surface area contributed by atoms with Crippen molar-refractivity contribution in [1.29, 1.82) is 0 Å². The summed E-state index contributed by atoms with van der Waals surface area (Å²) in [6, 6.07) is 4.49. The molecule has 0 amide bonds. The number of rotatable bonds is 3. The maximum Gasteiger partial charge on any atom is 0.416 e. The summed E-state index contributed by atoms with van der Waals surface area (Å²) in [5.74, 6) is 0. The van der Waals surface area contributed by atoms with Crippen LogP contribution in [0.1, 0.15) is 24.2 Å². The first-order chi connectivity index (χ1) is 8.86. The summed E-state index contributed by atoms with van der Waals surface area (Å²) in [6.07, 6.45) is -2.94. The van der Waals surface area contributed by atoms with Gasteiger partial charge in [0.15, 0.2) is 0 Å². The van der Waals surface area contributed by atoms with Crippen LogP contribution in [0.4, 0.5) is 24.9 Å². The molecule has 0 aliphatic carbocycles. The smallest absolute Gasteiger partial charge is 0.416 e. The summed E-state index contributed by atoms with van der Waals surface area (Å²) in [5.41, 5.74) is 5.92. The van der Waals surface area contributed by atoms with Crippen LogP contribution in [0.15, 0.2) is 34.9 Å². The van der Waals surface area contributed by atoms with Crippen LogP contribution in [0.25, 0.3) is 0 Å². The fourth-order valence-electron chi connectivity index (χ4n) is 1.42. The molecular weight excluding hydrogens is 259 g/mol. The van der Waals surface area contributed by atoms with Gasteiger partial charge in [0, 0.05) is 11.7 Å². The van der Waals surface area contributed by atoms with Gasteiger partial charge in [-0.2, -0.15) is 18.2 Å². The Labute approximate surface area is 107 Å². The molecule has 0 aliphatic heterocycles. The van der Waals surface area contributed by atoms with Crippen LogP contribution in [0.3, 0.4) is 0 Å². The van der Waals surface area contributed by atoms with Crippen LogP contribution in [-0.4, -0.2) is 4.98 Å². The molecule has 19 heavy (non-hydrogen) atoms. The second kappa shape index (κ2) is 4.93. The Morgan fingerprint density at radius 1 is 1.26 bits per heavy atom. The van der Waals surface area contributed by atoms with E-state index in [4.69, 9.17) is 10.2 Å². The molecule has 0 bridgehead atoms. The lowest BCUT2D eigenvalue weighted by Crippen LogP contribution is -2.05. The Morgan fingerprint density at radius 3 is 2.37 bits per heavy atom. The third kappa shape index (κ3) is 3.25. The molecule has 1 unspecified atom stereocenters. The molecule has 0 saturated carbocycles. The number of halogens is 3. The second-order valence-corrected chi connectivity index (χ2v) is 4.07. The molecule has 1 aromatic heterocycles. The van der Waals surface area contributed by atoms with Gasteiger partial charge in [0.2, 0.25) is 0 Å². The van der Waals surface area contributed by atoms with E-state index in [0.29, 0.717) is 11.4 Å². The molecule has 0 aliphatic rings. The third-order valence-electron chi connectivity index (χ3n) is 2.45. The predicted octanol–water partition coefficient (Wildman–Crippen LogP) is 3.46. The van der Waals surface area contributed by atoms with E-state index in [2.05, 4.69) is 10.3 Å². The molecule has 7 heteroatoms. The Kier molecular flexibility index (Phi) is 3.48. The highest BCUT2D eigenvalue weighted by molar-refractivity contribution is 5.52. The molecular formula is C12H12F3N3O. The van der Waals surface area contributed by atoms with Crippen LogP contribution in [0, 0.1) is 0 Å². The Bertz CT molecular complexity index is 546. The molecule has 102 valence electrons. The summed E-state index contributed by atoms with van der Waals surface area (Å²) in [6.45, 7) is 1.75. The van der Waals surface area contributed by atoms with Gasteiger partial charge in [-0.3, -0.25) is 0 Å². The van der Waals surface area contributed by atoms with E-state index in [1.54, 1.807) is 6.92 Å². The molecule has 1 aromatic carbocycles. The SMILES string of the molecule is CC(N)c1coc(Nc2ccc(C(F)(F)F)cc2)n1. The van der Waals surface area contributed by atoms with Crippen LogP contribution < -0.4 is 11.1 Å². The van der Waals surface area contributed by atoms with Crippen LogP contribution in [0.2, 0.25) is 0 Å². The summed E-state index contributed by atoms with van der Waals surface area (Å²) in [5, 5.41) is 2.76. The van der Waals surface area contributed by atoms with E-state index in [1.165, 1.54) is 18.4 Å². The maximum absolute atomic E-state index is 12.4. The number of aromatic nitrogens is 1. The van der Waals surface area contributed by atoms with Crippen molar-refractivity contribution >= 4 is 11.7 Å². The van der Waals surface area contributed by atoms with E-state index in [-0.39, 0.29) is 12.1 Å². The number of hydrogen-bond acceptors (Lipinski definition) is 4. The first-order valence-corrected chi connectivity index (χ1v) is 5.51. The van der Waals surface area contributed by atoms with E-state index in [9.17, 15) is 13.2 Å². The lowest BCUT2D eigenvalue weighted by molar-refractivity contribution is -0.137. The van der Waals surface area contributed by atoms with Gasteiger partial charge in [-0.1, -0.05) is 0 Å². The number of nitrogens with zero attached hydrogens (tertiary/aromatic N) is 1. The fraction of sp³-hybridized carbons (Fsp3) is 0.250. The molecule has 1 heterocycles. The van der Waals surface area contributed by atoms with Crippen molar-refractivity contribution in [3.8, 4) is 0 Å². The maximum atomic E-state index is 12.4. The van der Waals surface area contributed by atoms with Crippen molar-refractivity contribution in [2.24, 2.45) is 5.73 Å². The molecule has 2 aromatic rings. The minimum atomic E-state index is -4.34. The Hall–Kier alpha value is -2.02.